The van der Waals surface area contributed by atoms with Gasteiger partial charge in [-0.1, -0.05) is 37.3 Å². The first kappa shape index (κ1) is 22.8. The maximum atomic E-state index is 13.1. The van der Waals surface area contributed by atoms with Crippen LogP contribution in [0.1, 0.15) is 48.8 Å². The summed E-state index contributed by atoms with van der Waals surface area (Å²) >= 11 is 0. The third-order valence-corrected chi connectivity index (χ3v) is 6.19. The lowest BCUT2D eigenvalue weighted by molar-refractivity contribution is -0.224. The van der Waals surface area contributed by atoms with Crippen molar-refractivity contribution in [3.63, 3.8) is 0 Å². The fourth-order valence-electron chi connectivity index (χ4n) is 4.11. The van der Waals surface area contributed by atoms with E-state index in [-0.39, 0.29) is 17.9 Å². The second kappa shape index (κ2) is 9.22. The summed E-state index contributed by atoms with van der Waals surface area (Å²) in [6, 6.07) is 11.1. The predicted molar refractivity (Wildman–Crippen MR) is 123 cm³/mol. The van der Waals surface area contributed by atoms with Crippen LogP contribution < -0.4 is 11.1 Å². The molecule has 1 saturated heterocycles. The van der Waals surface area contributed by atoms with Gasteiger partial charge < -0.3 is 26.0 Å². The zero-order valence-corrected chi connectivity index (χ0v) is 18.5. The van der Waals surface area contributed by atoms with E-state index < -0.39 is 29.8 Å². The molecule has 0 radical (unpaired) electrons. The molecule has 4 rings (SSSR count). The number of nitrogens with two attached hydrogens (primary N) is 1. The van der Waals surface area contributed by atoms with Crippen molar-refractivity contribution in [1.82, 2.24) is 15.0 Å². The fraction of sp³-hybridized carbons (Fsp3) is 0.333. The second-order valence-corrected chi connectivity index (χ2v) is 8.14. The monoisotopic (exact) mass is 449 g/mol. The van der Waals surface area contributed by atoms with Crippen LogP contribution in [0.15, 0.2) is 55.0 Å². The number of nitrogens with zero attached hydrogens (tertiary/aromatic N) is 3. The number of aromatic nitrogens is 3. The lowest BCUT2D eigenvalue weighted by Gasteiger charge is -2.45. The molecule has 1 aromatic carbocycles. The predicted octanol–water partition coefficient (Wildman–Crippen LogP) is 2.73. The van der Waals surface area contributed by atoms with E-state index in [0.717, 1.165) is 5.56 Å². The number of nitrogens with one attached hydrogen (secondary N) is 1. The number of carbonyl (C=O) groups is 1. The lowest BCUT2D eigenvalue weighted by Crippen LogP contribution is -2.56. The molecule has 9 nitrogen and oxygen atoms in total. The molecule has 9 heteroatoms. The van der Waals surface area contributed by atoms with Crippen LogP contribution in [0.2, 0.25) is 0 Å². The van der Waals surface area contributed by atoms with Crippen LogP contribution in [0.5, 0.6) is 0 Å². The Labute approximate surface area is 191 Å². The molecule has 1 amide bonds. The Bertz CT molecular complexity index is 1130. The topological polar surface area (TPSA) is 143 Å². The summed E-state index contributed by atoms with van der Waals surface area (Å²) < 4.78 is 6.04. The molecule has 3 heterocycles. The summed E-state index contributed by atoms with van der Waals surface area (Å²) in [5.41, 5.74) is 6.98. The molecule has 1 fully saturated rings. The molecule has 0 spiro atoms. The molecule has 3 aromatic rings. The van der Waals surface area contributed by atoms with Crippen LogP contribution in [0, 0.1) is 0 Å². The number of hydrogen-bond acceptors (Lipinski definition) is 8. The quantitative estimate of drug-likeness (QED) is 0.465. The van der Waals surface area contributed by atoms with E-state index in [1.54, 1.807) is 26.1 Å². The van der Waals surface area contributed by atoms with Crippen molar-refractivity contribution in [1.29, 1.82) is 0 Å². The number of hydrogen-bond donors (Lipinski definition) is 4. The average Bonchev–Trinajstić information content (AvgIpc) is 2.83. The Morgan fingerprint density at radius 2 is 2.03 bits per heavy atom. The third kappa shape index (κ3) is 4.43. The van der Waals surface area contributed by atoms with Crippen LogP contribution in [-0.4, -0.2) is 48.9 Å². The molecule has 2 aromatic heterocycles. The number of benzene rings is 1. The van der Waals surface area contributed by atoms with Crippen LogP contribution >= 0.6 is 0 Å². The molecule has 4 atom stereocenters. The highest BCUT2D eigenvalue weighted by molar-refractivity contribution is 6.06. The first-order valence-electron chi connectivity index (χ1n) is 10.8. The van der Waals surface area contributed by atoms with Gasteiger partial charge in [0.15, 0.2) is 11.5 Å². The van der Waals surface area contributed by atoms with Crippen molar-refractivity contribution < 1.29 is 19.7 Å². The van der Waals surface area contributed by atoms with Crippen LogP contribution in [0.4, 0.5) is 11.5 Å². The van der Waals surface area contributed by atoms with Gasteiger partial charge in [0.2, 0.25) is 0 Å². The van der Waals surface area contributed by atoms with Crippen molar-refractivity contribution >= 4 is 17.4 Å². The minimum atomic E-state index is -1.32. The molecule has 33 heavy (non-hydrogen) atoms. The number of ether oxygens (including phenoxy) is 1. The third-order valence-electron chi connectivity index (χ3n) is 6.19. The smallest absolute Gasteiger partial charge is 0.278 e. The van der Waals surface area contributed by atoms with Crippen molar-refractivity contribution in [3.05, 3.63) is 66.2 Å². The SMILES string of the molecule is CC[C@]1(O)[C@H](O)C[C@H](c2ccncc2NC(=O)c2nc(-c3ccccc3)cnc2N)O[C@@H]1C. The van der Waals surface area contributed by atoms with E-state index in [2.05, 4.69) is 20.3 Å². The van der Waals surface area contributed by atoms with Crippen molar-refractivity contribution in [2.24, 2.45) is 0 Å². The minimum Gasteiger partial charge on any atom is -0.390 e. The van der Waals surface area contributed by atoms with Crippen LogP contribution in [-0.2, 0) is 4.74 Å². The summed E-state index contributed by atoms with van der Waals surface area (Å²) in [6.07, 6.45) is 3.01. The zero-order chi connectivity index (χ0) is 23.6. The van der Waals surface area contributed by atoms with Gasteiger partial charge in [0.05, 0.1) is 42.1 Å². The number of carbonyl (C=O) groups excluding carboxylic acids is 1. The van der Waals surface area contributed by atoms with E-state index in [1.165, 1.54) is 12.4 Å². The van der Waals surface area contributed by atoms with Crippen LogP contribution in [0.25, 0.3) is 11.3 Å². The van der Waals surface area contributed by atoms with Crippen molar-refractivity contribution in [2.45, 2.75) is 50.6 Å². The number of pyridine rings is 1. The molecule has 0 saturated carbocycles. The van der Waals surface area contributed by atoms with Gasteiger partial charge in [-0.25, -0.2) is 9.97 Å². The van der Waals surface area contributed by atoms with Crippen LogP contribution in [0.3, 0.4) is 0 Å². The minimum absolute atomic E-state index is 0.00333. The van der Waals surface area contributed by atoms with E-state index in [4.69, 9.17) is 10.5 Å². The highest BCUT2D eigenvalue weighted by atomic mass is 16.5. The van der Waals surface area contributed by atoms with Gasteiger partial charge in [-0.05, 0) is 19.4 Å². The van der Waals surface area contributed by atoms with Gasteiger partial charge in [-0.2, -0.15) is 0 Å². The molecule has 0 aliphatic carbocycles. The normalized spacial score (nSPS) is 24.9. The van der Waals surface area contributed by atoms with Gasteiger partial charge in [0.1, 0.15) is 5.60 Å². The number of aliphatic hydroxyl groups is 2. The summed E-state index contributed by atoms with van der Waals surface area (Å²) in [5.74, 6) is -0.537. The molecular formula is C24H27N5O4. The first-order valence-corrected chi connectivity index (χ1v) is 10.8. The van der Waals surface area contributed by atoms with Gasteiger partial charge >= 0.3 is 0 Å². The highest BCUT2D eigenvalue weighted by Gasteiger charge is 2.47. The number of anilines is 2. The number of amides is 1. The molecular weight excluding hydrogens is 422 g/mol. The second-order valence-electron chi connectivity index (χ2n) is 8.14. The van der Waals surface area contributed by atoms with Gasteiger partial charge in [-0.15, -0.1) is 0 Å². The number of aliphatic hydroxyl groups excluding tert-OH is 1. The van der Waals surface area contributed by atoms with Crippen molar-refractivity contribution in [3.8, 4) is 11.3 Å². The van der Waals surface area contributed by atoms with E-state index in [0.29, 0.717) is 23.4 Å². The fourth-order valence-corrected chi connectivity index (χ4v) is 4.11. The summed E-state index contributed by atoms with van der Waals surface area (Å²) in [6.45, 7) is 3.53. The molecule has 5 N–H and O–H groups in total. The molecule has 1 aliphatic rings. The van der Waals surface area contributed by atoms with E-state index in [1.807, 2.05) is 30.3 Å². The lowest BCUT2D eigenvalue weighted by atomic mass is 9.81. The Morgan fingerprint density at radius 3 is 2.73 bits per heavy atom. The standard InChI is InChI=1S/C24H27N5O4/c1-3-24(32)14(2)33-19(11-20(24)30)16-9-10-26-12-18(16)29-23(31)21-22(25)27-13-17(28-21)15-7-5-4-6-8-15/h4-10,12-14,19-20,30,32H,3,11H2,1-2H3,(H2,25,27)(H,29,31)/t14-,19-,20-,24-/m1/s1. The Kier molecular flexibility index (Phi) is 6.37. The van der Waals surface area contributed by atoms with E-state index in [9.17, 15) is 15.0 Å². The summed E-state index contributed by atoms with van der Waals surface area (Å²) in [5, 5.41) is 24.1. The van der Waals surface area contributed by atoms with E-state index >= 15 is 0 Å². The molecule has 172 valence electrons. The largest absolute Gasteiger partial charge is 0.390 e. The maximum Gasteiger partial charge on any atom is 0.278 e. The Morgan fingerprint density at radius 1 is 1.27 bits per heavy atom. The maximum absolute atomic E-state index is 13.1. The number of nitrogen functional groups attached to an aromatic ring is 1. The van der Waals surface area contributed by atoms with Crippen molar-refractivity contribution in [2.75, 3.05) is 11.1 Å². The van der Waals surface area contributed by atoms with Gasteiger partial charge in [-0.3, -0.25) is 9.78 Å². The number of rotatable bonds is 5. The van der Waals surface area contributed by atoms with Gasteiger partial charge in [0.25, 0.3) is 5.91 Å². The summed E-state index contributed by atoms with van der Waals surface area (Å²) in [7, 11) is 0. The highest BCUT2D eigenvalue weighted by Crippen LogP contribution is 2.40. The zero-order valence-electron chi connectivity index (χ0n) is 18.5. The Balaban J connectivity index is 1.60. The summed E-state index contributed by atoms with van der Waals surface area (Å²) in [4.78, 5) is 25.7. The molecule has 0 bridgehead atoms. The molecule has 1 aliphatic heterocycles. The molecule has 0 unspecified atom stereocenters. The first-order chi connectivity index (χ1) is 15.8. The van der Waals surface area contributed by atoms with Gasteiger partial charge in [0, 0.05) is 23.7 Å². The Hall–Kier alpha value is -3.40. The average molecular weight is 450 g/mol.